The topological polar surface area (TPSA) is 63.4 Å². The Labute approximate surface area is 118 Å². The third kappa shape index (κ3) is 2.47. The fraction of sp³-hybridized carbons (Fsp3) is 0.571. The van der Waals surface area contributed by atoms with E-state index in [0.717, 1.165) is 12.8 Å². The van der Waals surface area contributed by atoms with Crippen molar-refractivity contribution < 1.29 is 12.8 Å². The van der Waals surface area contributed by atoms with Crippen LogP contribution in [0, 0.1) is 17.7 Å². The number of benzene rings is 1. The zero-order chi connectivity index (χ0) is 14.3. The number of halogens is 1. The average Bonchev–Trinajstić information content (AvgIpc) is 2.95. The predicted molar refractivity (Wildman–Crippen MR) is 74.8 cm³/mol. The van der Waals surface area contributed by atoms with E-state index in [-0.39, 0.29) is 23.3 Å². The first-order chi connectivity index (χ1) is 9.47. The number of rotatable bonds is 3. The molecule has 20 heavy (non-hydrogen) atoms. The van der Waals surface area contributed by atoms with E-state index in [9.17, 15) is 12.8 Å². The van der Waals surface area contributed by atoms with Gasteiger partial charge in [0.05, 0.1) is 5.75 Å². The second-order valence-electron chi connectivity index (χ2n) is 5.83. The normalized spacial score (nSPS) is 30.6. The summed E-state index contributed by atoms with van der Waals surface area (Å²) in [5, 5.41) is 0. The van der Waals surface area contributed by atoms with E-state index in [4.69, 9.17) is 5.73 Å². The fourth-order valence-electron chi connectivity index (χ4n) is 3.40. The van der Waals surface area contributed by atoms with E-state index >= 15 is 0 Å². The second kappa shape index (κ2) is 5.09. The van der Waals surface area contributed by atoms with Gasteiger partial charge in [-0.2, -0.15) is 0 Å². The highest BCUT2D eigenvalue weighted by atomic mass is 32.2. The second-order valence-corrected chi connectivity index (χ2v) is 7.80. The lowest BCUT2D eigenvalue weighted by molar-refractivity contribution is 0.426. The molecule has 1 aromatic carbocycles. The molecule has 4 nitrogen and oxygen atoms in total. The molecule has 3 rings (SSSR count). The van der Waals surface area contributed by atoms with Crippen molar-refractivity contribution in [3.8, 4) is 0 Å². The van der Waals surface area contributed by atoms with Gasteiger partial charge in [-0.1, -0.05) is 18.2 Å². The monoisotopic (exact) mass is 298 g/mol. The van der Waals surface area contributed by atoms with E-state index in [0.29, 0.717) is 19.0 Å². The van der Waals surface area contributed by atoms with Crippen molar-refractivity contribution in [2.75, 3.05) is 13.1 Å². The van der Waals surface area contributed by atoms with Gasteiger partial charge in [-0.15, -0.1) is 0 Å². The molecule has 0 radical (unpaired) electrons. The number of fused-ring (bicyclic) bond motifs is 1. The molecule has 0 amide bonds. The van der Waals surface area contributed by atoms with E-state index in [1.807, 2.05) is 0 Å². The van der Waals surface area contributed by atoms with Crippen molar-refractivity contribution in [1.29, 1.82) is 0 Å². The van der Waals surface area contributed by atoms with Crippen LogP contribution in [-0.2, 0) is 15.8 Å². The van der Waals surface area contributed by atoms with Gasteiger partial charge >= 0.3 is 0 Å². The van der Waals surface area contributed by atoms with Crippen LogP contribution in [0.1, 0.15) is 18.4 Å². The van der Waals surface area contributed by atoms with Crippen molar-refractivity contribution >= 4 is 10.0 Å². The molecular formula is C14H19FN2O2S. The average molecular weight is 298 g/mol. The van der Waals surface area contributed by atoms with Crippen LogP contribution in [0.4, 0.5) is 4.39 Å². The molecule has 1 saturated heterocycles. The van der Waals surface area contributed by atoms with Gasteiger partial charge in [-0.25, -0.2) is 17.1 Å². The highest BCUT2D eigenvalue weighted by molar-refractivity contribution is 7.88. The van der Waals surface area contributed by atoms with Crippen molar-refractivity contribution in [3.05, 3.63) is 35.6 Å². The Hall–Kier alpha value is -0.980. The highest BCUT2D eigenvalue weighted by Crippen LogP contribution is 2.38. The molecule has 2 fully saturated rings. The Balaban J connectivity index is 1.75. The molecule has 0 spiro atoms. The summed E-state index contributed by atoms with van der Waals surface area (Å²) in [7, 11) is -3.46. The van der Waals surface area contributed by atoms with Gasteiger partial charge in [0, 0.05) is 24.7 Å². The van der Waals surface area contributed by atoms with Crippen LogP contribution in [0.2, 0.25) is 0 Å². The van der Waals surface area contributed by atoms with Crippen molar-refractivity contribution in [1.82, 2.24) is 4.31 Å². The van der Waals surface area contributed by atoms with Crippen LogP contribution in [0.3, 0.4) is 0 Å². The molecule has 0 unspecified atom stereocenters. The summed E-state index contributed by atoms with van der Waals surface area (Å²) >= 11 is 0. The largest absolute Gasteiger partial charge is 0.327 e. The molecule has 2 N–H and O–H groups in total. The van der Waals surface area contributed by atoms with E-state index in [1.54, 1.807) is 12.1 Å². The van der Waals surface area contributed by atoms with Crippen molar-refractivity contribution in [3.63, 3.8) is 0 Å². The van der Waals surface area contributed by atoms with Crippen LogP contribution < -0.4 is 5.73 Å². The maximum Gasteiger partial charge on any atom is 0.218 e. The molecule has 1 saturated carbocycles. The molecule has 1 heterocycles. The molecule has 6 heteroatoms. The summed E-state index contributed by atoms with van der Waals surface area (Å²) in [5.41, 5.74) is 6.25. The molecular weight excluding hydrogens is 279 g/mol. The first-order valence-corrected chi connectivity index (χ1v) is 8.55. The minimum Gasteiger partial charge on any atom is -0.327 e. The van der Waals surface area contributed by atoms with Gasteiger partial charge in [0.2, 0.25) is 10.0 Å². The lowest BCUT2D eigenvalue weighted by Gasteiger charge is -2.18. The summed E-state index contributed by atoms with van der Waals surface area (Å²) in [6.07, 6.45) is 1.98. The molecule has 1 aliphatic heterocycles. The van der Waals surface area contributed by atoms with Crippen LogP contribution in [0.5, 0.6) is 0 Å². The van der Waals surface area contributed by atoms with Gasteiger partial charge in [-0.3, -0.25) is 0 Å². The van der Waals surface area contributed by atoms with E-state index in [1.165, 1.54) is 16.4 Å². The SMILES string of the molecule is N[C@@H]1CC[C@H]2CN(S(=O)(=O)Cc3ccccc3F)C[C@H]21. The number of hydrogen-bond acceptors (Lipinski definition) is 3. The van der Waals surface area contributed by atoms with E-state index < -0.39 is 15.8 Å². The van der Waals surface area contributed by atoms with Crippen LogP contribution in [-0.4, -0.2) is 31.9 Å². The number of nitrogens with zero attached hydrogens (tertiary/aromatic N) is 1. The lowest BCUT2D eigenvalue weighted by atomic mass is 9.98. The molecule has 1 aliphatic carbocycles. The first kappa shape index (κ1) is 14.0. The Morgan fingerprint density at radius 2 is 2.00 bits per heavy atom. The summed E-state index contributed by atoms with van der Waals surface area (Å²) < 4.78 is 39.9. The molecule has 1 aromatic rings. The predicted octanol–water partition coefficient (Wildman–Crippen LogP) is 1.32. The number of hydrogen-bond donors (Lipinski definition) is 1. The zero-order valence-corrected chi connectivity index (χ0v) is 12.0. The molecule has 0 bridgehead atoms. The third-order valence-corrected chi connectivity index (χ3v) is 6.33. The minimum atomic E-state index is -3.46. The van der Waals surface area contributed by atoms with Crippen LogP contribution in [0.25, 0.3) is 0 Å². The Morgan fingerprint density at radius 3 is 2.70 bits per heavy atom. The molecule has 2 aliphatic rings. The van der Waals surface area contributed by atoms with Crippen LogP contribution in [0.15, 0.2) is 24.3 Å². The Kier molecular flexibility index (Phi) is 3.56. The summed E-state index contributed by atoms with van der Waals surface area (Å²) in [4.78, 5) is 0. The zero-order valence-electron chi connectivity index (χ0n) is 11.2. The summed E-state index contributed by atoms with van der Waals surface area (Å²) in [6.45, 7) is 1.03. The van der Waals surface area contributed by atoms with Gasteiger partial charge in [0.25, 0.3) is 0 Å². The quantitative estimate of drug-likeness (QED) is 0.915. The van der Waals surface area contributed by atoms with E-state index in [2.05, 4.69) is 0 Å². The summed E-state index contributed by atoms with van der Waals surface area (Å²) in [5.74, 6) is -0.0908. The van der Waals surface area contributed by atoms with Gasteiger partial charge < -0.3 is 5.73 Å². The number of sulfonamides is 1. The highest BCUT2D eigenvalue weighted by Gasteiger charge is 2.44. The lowest BCUT2D eigenvalue weighted by Crippen LogP contribution is -2.34. The fourth-order valence-corrected chi connectivity index (χ4v) is 5.02. The van der Waals surface area contributed by atoms with Gasteiger partial charge in [0.1, 0.15) is 5.82 Å². The standard InChI is InChI=1S/C14H19FN2O2S/c15-13-4-2-1-3-11(13)9-20(18,19)17-7-10-5-6-14(16)12(10)8-17/h1-4,10,12,14H,5-9,16H2/t10-,12+,14+/m0/s1. The smallest absolute Gasteiger partial charge is 0.218 e. The van der Waals surface area contributed by atoms with Crippen LogP contribution >= 0.6 is 0 Å². The summed E-state index contributed by atoms with van der Waals surface area (Å²) in [6, 6.07) is 6.14. The van der Waals surface area contributed by atoms with Gasteiger partial charge in [0.15, 0.2) is 0 Å². The van der Waals surface area contributed by atoms with Gasteiger partial charge in [-0.05, 0) is 30.7 Å². The first-order valence-electron chi connectivity index (χ1n) is 6.94. The Morgan fingerprint density at radius 1 is 1.25 bits per heavy atom. The number of nitrogens with two attached hydrogens (primary N) is 1. The molecule has 0 aromatic heterocycles. The maximum atomic E-state index is 13.6. The third-order valence-electron chi connectivity index (χ3n) is 4.57. The molecule has 3 atom stereocenters. The minimum absolute atomic E-state index is 0.105. The molecule has 110 valence electrons. The van der Waals surface area contributed by atoms with Crippen molar-refractivity contribution in [2.24, 2.45) is 17.6 Å². The maximum absolute atomic E-state index is 13.6. The van der Waals surface area contributed by atoms with Crippen molar-refractivity contribution in [2.45, 2.75) is 24.6 Å². The Bertz CT molecular complexity index is 605.